The Bertz CT molecular complexity index is 1190. The number of hydrogen-bond acceptors (Lipinski definition) is 12. The van der Waals surface area contributed by atoms with Gasteiger partial charge in [0, 0.05) is 50.3 Å². The van der Waals surface area contributed by atoms with Crippen LogP contribution in [0.4, 0.5) is 4.39 Å². The van der Waals surface area contributed by atoms with E-state index in [4.69, 9.17) is 4.74 Å². The van der Waals surface area contributed by atoms with Gasteiger partial charge in [-0.05, 0) is 0 Å². The number of carbonyl (C=O) groups is 6. The lowest BCUT2D eigenvalue weighted by Gasteiger charge is -2.12. The lowest BCUT2D eigenvalue weighted by molar-refractivity contribution is -0.197. The summed E-state index contributed by atoms with van der Waals surface area (Å²) in [5, 5.41) is 5.67. The molecule has 18 heteroatoms. The number of nitrogens with zero attached hydrogens (tertiary/aromatic N) is 2. The molecule has 1 aromatic rings. The molecular weight excluding hydrogens is 565 g/mol. The molecule has 15 nitrogen and oxygen atoms in total. The predicted octanol–water partition coefficient (Wildman–Crippen LogP) is -1.04. The molecule has 1 fully saturated rings. The fourth-order valence-electron chi connectivity index (χ4n) is 2.79. The minimum Gasteiger partial charge on any atom is -0.444 e. The van der Waals surface area contributed by atoms with Crippen molar-refractivity contribution in [3.05, 3.63) is 32.9 Å². The van der Waals surface area contributed by atoms with E-state index >= 15 is 0 Å². The average Bonchev–Trinajstić information content (AvgIpc) is 3.21. The van der Waals surface area contributed by atoms with Crippen LogP contribution >= 0.6 is 21.6 Å². The molecule has 2 heterocycles. The molecule has 1 aromatic heterocycles. The number of halogens is 1. The monoisotopic (exact) mass is 591 g/mol. The summed E-state index contributed by atoms with van der Waals surface area (Å²) < 4.78 is 18.6. The van der Waals surface area contributed by atoms with Gasteiger partial charge < -0.3 is 20.2 Å². The lowest BCUT2D eigenvalue weighted by Crippen LogP contribution is -2.33. The van der Waals surface area contributed by atoms with Gasteiger partial charge in [0.2, 0.25) is 17.6 Å². The second-order valence-electron chi connectivity index (χ2n) is 7.74. The molecule has 1 aliphatic rings. The number of nitrogens with one attached hydrogen (secondary N) is 3. The van der Waals surface area contributed by atoms with Gasteiger partial charge in [-0.15, -0.1) is 5.06 Å². The van der Waals surface area contributed by atoms with E-state index in [-0.39, 0.29) is 44.4 Å². The van der Waals surface area contributed by atoms with Crippen LogP contribution in [0.2, 0.25) is 0 Å². The zero-order valence-electron chi connectivity index (χ0n) is 20.5. The Hall–Kier alpha value is -3.67. The van der Waals surface area contributed by atoms with Crippen LogP contribution in [0, 0.1) is 5.82 Å². The smallest absolute Gasteiger partial charge is 0.333 e. The third-order valence-corrected chi connectivity index (χ3v) is 7.15. The molecule has 0 saturated carbocycles. The number of ether oxygens (including phenoxy) is 1. The number of H-pyrrole nitrogens is 1. The van der Waals surface area contributed by atoms with Gasteiger partial charge in [0.15, 0.2) is 6.73 Å². The van der Waals surface area contributed by atoms with Crippen molar-refractivity contribution in [2.24, 2.45) is 0 Å². The van der Waals surface area contributed by atoms with Crippen molar-refractivity contribution in [2.45, 2.75) is 45.3 Å². The summed E-state index contributed by atoms with van der Waals surface area (Å²) in [6, 6.07) is 0. The quantitative estimate of drug-likeness (QED) is 0.0913. The maximum Gasteiger partial charge on any atom is 0.333 e. The van der Waals surface area contributed by atoms with Gasteiger partial charge in [-0.3, -0.25) is 38.3 Å². The third kappa shape index (κ3) is 11.7. The number of hydroxylamine groups is 2. The Morgan fingerprint density at radius 1 is 0.872 bits per heavy atom. The van der Waals surface area contributed by atoms with Gasteiger partial charge in [0.25, 0.3) is 17.4 Å². The molecule has 0 radical (unpaired) electrons. The zero-order chi connectivity index (χ0) is 28.8. The Morgan fingerprint density at radius 2 is 1.41 bits per heavy atom. The van der Waals surface area contributed by atoms with E-state index in [9.17, 15) is 42.7 Å². The molecule has 0 spiro atoms. The van der Waals surface area contributed by atoms with Crippen LogP contribution in [0.25, 0.3) is 0 Å². The first-order valence-electron chi connectivity index (χ1n) is 11.6. The van der Waals surface area contributed by atoms with Gasteiger partial charge in [0.1, 0.15) is 0 Å². The van der Waals surface area contributed by atoms with Crippen molar-refractivity contribution in [3.8, 4) is 0 Å². The minimum atomic E-state index is -1.21. The van der Waals surface area contributed by atoms with E-state index in [2.05, 4.69) is 15.5 Å². The van der Waals surface area contributed by atoms with Crippen molar-refractivity contribution in [2.75, 3.05) is 24.6 Å². The van der Waals surface area contributed by atoms with Gasteiger partial charge in [-0.2, -0.15) is 4.39 Å². The van der Waals surface area contributed by atoms with E-state index in [0.717, 1.165) is 0 Å². The first kappa shape index (κ1) is 31.5. The fourth-order valence-corrected chi connectivity index (χ4v) is 4.60. The molecule has 0 bridgehead atoms. The maximum absolute atomic E-state index is 13.2. The highest BCUT2D eigenvalue weighted by atomic mass is 33.1. The predicted molar refractivity (Wildman–Crippen MR) is 134 cm³/mol. The third-order valence-electron chi connectivity index (χ3n) is 4.74. The van der Waals surface area contributed by atoms with Crippen LogP contribution in [0.1, 0.15) is 38.5 Å². The summed E-state index contributed by atoms with van der Waals surface area (Å²) in [7, 11) is 2.89. The lowest BCUT2D eigenvalue weighted by atomic mass is 10.3. The van der Waals surface area contributed by atoms with Crippen LogP contribution in [0.5, 0.6) is 0 Å². The topological polar surface area (TPSA) is 203 Å². The van der Waals surface area contributed by atoms with Crippen LogP contribution in [-0.2, 0) is 45.1 Å². The molecular formula is C21H26FN5O10S2. The van der Waals surface area contributed by atoms with E-state index in [0.29, 0.717) is 40.4 Å². The highest BCUT2D eigenvalue weighted by Gasteiger charge is 2.32. The fraction of sp³-hybridized carbons (Fsp3) is 0.524. The van der Waals surface area contributed by atoms with Crippen LogP contribution in [0.15, 0.2) is 15.8 Å². The molecule has 1 saturated heterocycles. The molecule has 0 unspecified atom stereocenters. The zero-order valence-corrected chi connectivity index (χ0v) is 22.2. The second kappa shape index (κ2) is 16.3. The van der Waals surface area contributed by atoms with E-state index in [1.165, 1.54) is 21.6 Å². The molecule has 1 aliphatic heterocycles. The summed E-state index contributed by atoms with van der Waals surface area (Å²) in [5.41, 5.74) is -2.13. The van der Waals surface area contributed by atoms with E-state index in [1.54, 1.807) is 4.98 Å². The SMILES string of the molecule is O=C(CCC(=O)OCn1cc(F)c(=O)[nH]c1=O)NCCSSCCNC(=O)CCC(=O)ON1C(=O)CCC1=O. The number of rotatable bonds is 16. The van der Waals surface area contributed by atoms with Crippen molar-refractivity contribution >= 4 is 57.2 Å². The van der Waals surface area contributed by atoms with Crippen LogP contribution < -0.4 is 21.9 Å². The number of aromatic nitrogens is 2. The molecule has 214 valence electrons. The standard InChI is InChI=1S/C21H26FN5O10S2/c22-13-11-26(21(35)25-20(13)34)12-36-18(32)5-1-14(28)23-7-9-38-39-10-8-24-15(29)2-6-19(33)37-27-16(30)3-4-17(27)31/h11H,1-10,12H2,(H,23,28)(H,24,29)(H,25,34,35). The normalized spacial score (nSPS) is 12.8. The molecule has 0 aliphatic carbocycles. The van der Waals surface area contributed by atoms with Crippen molar-refractivity contribution in [3.63, 3.8) is 0 Å². The van der Waals surface area contributed by atoms with Crippen molar-refractivity contribution in [1.82, 2.24) is 25.2 Å². The largest absolute Gasteiger partial charge is 0.444 e. The second-order valence-corrected chi connectivity index (χ2v) is 10.4. The number of amides is 4. The Balaban J connectivity index is 1.44. The summed E-state index contributed by atoms with van der Waals surface area (Å²) in [4.78, 5) is 98.6. The number of aromatic amines is 1. The number of imide groups is 1. The minimum absolute atomic E-state index is 0.0112. The average molecular weight is 592 g/mol. The molecule has 39 heavy (non-hydrogen) atoms. The van der Waals surface area contributed by atoms with E-state index in [1.807, 2.05) is 0 Å². The summed E-state index contributed by atoms with van der Waals surface area (Å²) >= 11 is 0. The van der Waals surface area contributed by atoms with Crippen LogP contribution in [0.3, 0.4) is 0 Å². The molecule has 2 rings (SSSR count). The van der Waals surface area contributed by atoms with Gasteiger partial charge in [0.05, 0.1) is 19.0 Å². The summed E-state index contributed by atoms with van der Waals surface area (Å²) in [6.45, 7) is 0.0476. The molecule has 0 aromatic carbocycles. The van der Waals surface area contributed by atoms with E-state index < -0.39 is 53.5 Å². The van der Waals surface area contributed by atoms with Crippen LogP contribution in [-0.4, -0.2) is 74.8 Å². The molecule has 4 amide bonds. The van der Waals surface area contributed by atoms with Gasteiger partial charge in [-0.1, -0.05) is 21.6 Å². The summed E-state index contributed by atoms with van der Waals surface area (Å²) in [5.74, 6) is -3.71. The highest BCUT2D eigenvalue weighted by Crippen LogP contribution is 2.19. The Kier molecular flexibility index (Phi) is 13.2. The highest BCUT2D eigenvalue weighted by molar-refractivity contribution is 8.76. The van der Waals surface area contributed by atoms with Crippen molar-refractivity contribution in [1.29, 1.82) is 0 Å². The first-order valence-corrected chi connectivity index (χ1v) is 14.0. The van der Waals surface area contributed by atoms with Gasteiger partial charge in [-0.25, -0.2) is 9.59 Å². The Morgan fingerprint density at radius 3 is 1.97 bits per heavy atom. The summed E-state index contributed by atoms with van der Waals surface area (Å²) in [6.07, 6.45) is -0.273. The molecule has 3 N–H and O–H groups in total. The number of esters is 1. The maximum atomic E-state index is 13.2. The number of hydrogen-bond donors (Lipinski definition) is 3. The molecule has 0 atom stereocenters. The van der Waals surface area contributed by atoms with Crippen molar-refractivity contribution < 1.29 is 42.7 Å². The first-order chi connectivity index (χ1) is 18.6. The Labute approximate surface area is 227 Å². The van der Waals surface area contributed by atoms with Gasteiger partial charge >= 0.3 is 17.6 Å². The number of carbonyl (C=O) groups excluding carboxylic acids is 6.